The van der Waals surface area contributed by atoms with Crippen molar-refractivity contribution in [3.8, 4) is 0 Å². The van der Waals surface area contributed by atoms with Crippen molar-refractivity contribution in [3.63, 3.8) is 0 Å². The highest BCUT2D eigenvalue weighted by Crippen LogP contribution is 2.36. The van der Waals surface area contributed by atoms with Gasteiger partial charge < -0.3 is 10.2 Å². The van der Waals surface area contributed by atoms with Crippen LogP contribution in [0.5, 0.6) is 0 Å². The maximum Gasteiger partial charge on any atom is 0.318 e. The summed E-state index contributed by atoms with van der Waals surface area (Å²) in [7, 11) is 3.99. The van der Waals surface area contributed by atoms with Crippen LogP contribution < -0.4 is 0 Å². The van der Waals surface area contributed by atoms with Crippen LogP contribution in [0.25, 0.3) is 0 Å². The SMILES string of the molecule is O=C(O)C(CSSSCS)C(=O)O. The van der Waals surface area contributed by atoms with Crippen LogP contribution in [0.3, 0.4) is 0 Å². The van der Waals surface area contributed by atoms with Crippen LogP contribution in [0, 0.1) is 5.92 Å². The van der Waals surface area contributed by atoms with Crippen molar-refractivity contribution in [3.05, 3.63) is 0 Å². The average Bonchev–Trinajstić information content (AvgIpc) is 2.02. The maximum atomic E-state index is 10.4. The molecule has 0 saturated carbocycles. The molecule has 76 valence electrons. The van der Waals surface area contributed by atoms with E-state index in [0.717, 1.165) is 0 Å². The van der Waals surface area contributed by atoms with E-state index in [4.69, 9.17) is 10.2 Å². The van der Waals surface area contributed by atoms with Crippen molar-refractivity contribution < 1.29 is 19.8 Å². The molecule has 13 heavy (non-hydrogen) atoms. The number of rotatable bonds is 7. The van der Waals surface area contributed by atoms with Crippen molar-refractivity contribution >= 4 is 56.0 Å². The molecule has 0 unspecified atom stereocenters. The molecule has 0 radical (unpaired) electrons. The average molecular weight is 260 g/mol. The number of thiol groups is 1. The number of carbonyl (C=O) groups is 2. The van der Waals surface area contributed by atoms with Gasteiger partial charge >= 0.3 is 11.9 Å². The van der Waals surface area contributed by atoms with Gasteiger partial charge in [-0.25, -0.2) is 0 Å². The summed E-state index contributed by atoms with van der Waals surface area (Å²) in [6.07, 6.45) is 0. The summed E-state index contributed by atoms with van der Waals surface area (Å²) in [4.78, 5) is 20.8. The summed E-state index contributed by atoms with van der Waals surface area (Å²) in [5, 5.41) is 17.6. The lowest BCUT2D eigenvalue weighted by atomic mass is 10.2. The molecule has 0 fully saturated rings. The van der Waals surface area contributed by atoms with Crippen LogP contribution in [0.4, 0.5) is 0 Å². The van der Waals surface area contributed by atoms with E-state index in [9.17, 15) is 9.59 Å². The first kappa shape index (κ1) is 13.3. The molecule has 0 heterocycles. The number of carboxylic acids is 2. The zero-order chi connectivity index (χ0) is 10.3. The number of hydrogen-bond acceptors (Lipinski definition) is 6. The third-order valence-corrected chi connectivity index (χ3v) is 5.73. The molecule has 0 saturated heterocycles. The van der Waals surface area contributed by atoms with Gasteiger partial charge in [-0.3, -0.25) is 9.59 Å². The Morgan fingerprint density at radius 2 is 1.77 bits per heavy atom. The molecule has 0 spiro atoms. The monoisotopic (exact) mass is 260 g/mol. The van der Waals surface area contributed by atoms with Gasteiger partial charge in [-0.15, -0.1) is 0 Å². The van der Waals surface area contributed by atoms with Gasteiger partial charge in [0.05, 0.1) is 0 Å². The Bertz CT molecular complexity index is 171. The van der Waals surface area contributed by atoms with Crippen molar-refractivity contribution in [2.45, 2.75) is 0 Å². The second-order valence-corrected chi connectivity index (χ2v) is 6.85. The van der Waals surface area contributed by atoms with Gasteiger partial charge in [0, 0.05) is 10.8 Å². The summed E-state index contributed by atoms with van der Waals surface area (Å²) in [5.41, 5.74) is 0. The van der Waals surface area contributed by atoms with Crippen molar-refractivity contribution in [1.29, 1.82) is 0 Å². The fraction of sp³-hybridized carbons (Fsp3) is 0.600. The maximum absolute atomic E-state index is 10.4. The van der Waals surface area contributed by atoms with E-state index in [1.807, 2.05) is 0 Å². The fourth-order valence-corrected chi connectivity index (χ4v) is 4.56. The quantitative estimate of drug-likeness (QED) is 0.211. The molecule has 8 heteroatoms. The van der Waals surface area contributed by atoms with E-state index < -0.39 is 17.9 Å². The van der Waals surface area contributed by atoms with E-state index in [1.165, 1.54) is 31.4 Å². The van der Waals surface area contributed by atoms with Gasteiger partial charge in [0.2, 0.25) is 0 Å². The number of carboxylic acid groups (broad SMARTS) is 2. The van der Waals surface area contributed by atoms with Crippen LogP contribution >= 0.6 is 44.0 Å². The Morgan fingerprint density at radius 3 is 2.15 bits per heavy atom. The zero-order valence-corrected chi connectivity index (χ0v) is 9.72. The molecule has 0 atom stereocenters. The minimum Gasteiger partial charge on any atom is -0.481 e. The second-order valence-electron chi connectivity index (χ2n) is 1.83. The van der Waals surface area contributed by atoms with E-state index in [-0.39, 0.29) is 5.75 Å². The van der Waals surface area contributed by atoms with Crippen LogP contribution in [0.2, 0.25) is 0 Å². The molecule has 0 aromatic carbocycles. The van der Waals surface area contributed by atoms with Gasteiger partial charge in [-0.1, -0.05) is 21.6 Å². The van der Waals surface area contributed by atoms with Crippen molar-refractivity contribution in [1.82, 2.24) is 0 Å². The summed E-state index contributed by atoms with van der Waals surface area (Å²) in [6.45, 7) is 0. The molecule has 0 bridgehead atoms. The van der Waals surface area contributed by atoms with E-state index in [2.05, 4.69) is 12.6 Å². The lowest BCUT2D eigenvalue weighted by Gasteiger charge is -2.04. The zero-order valence-electron chi connectivity index (χ0n) is 6.37. The highest BCUT2D eigenvalue weighted by Gasteiger charge is 2.25. The van der Waals surface area contributed by atoms with Crippen LogP contribution in [0.1, 0.15) is 0 Å². The lowest BCUT2D eigenvalue weighted by Crippen LogP contribution is -2.25. The smallest absolute Gasteiger partial charge is 0.318 e. The molecular weight excluding hydrogens is 252 g/mol. The first-order valence-electron chi connectivity index (χ1n) is 3.07. The van der Waals surface area contributed by atoms with Gasteiger partial charge in [-0.2, -0.15) is 12.6 Å². The first-order chi connectivity index (χ1) is 6.09. The van der Waals surface area contributed by atoms with E-state index in [1.54, 1.807) is 0 Å². The third kappa shape index (κ3) is 6.42. The Labute approximate surface area is 92.4 Å². The van der Waals surface area contributed by atoms with Crippen molar-refractivity contribution in [2.24, 2.45) is 5.92 Å². The molecule has 4 nitrogen and oxygen atoms in total. The second kappa shape index (κ2) is 7.72. The Hall–Kier alpha value is 0.340. The summed E-state index contributed by atoms with van der Waals surface area (Å²) >= 11 is 3.92. The van der Waals surface area contributed by atoms with Crippen LogP contribution in [-0.2, 0) is 9.59 Å². The summed E-state index contributed by atoms with van der Waals surface area (Å²) in [6, 6.07) is 0. The Balaban J connectivity index is 3.71. The minimum atomic E-state index is -1.32. The molecule has 0 aliphatic carbocycles. The van der Waals surface area contributed by atoms with Crippen LogP contribution in [-0.4, -0.2) is 33.0 Å². The number of hydrogen-bond donors (Lipinski definition) is 3. The molecule has 0 amide bonds. The molecule has 0 aromatic heterocycles. The Morgan fingerprint density at radius 1 is 1.23 bits per heavy atom. The molecule has 0 aliphatic heterocycles. The van der Waals surface area contributed by atoms with E-state index >= 15 is 0 Å². The molecule has 0 rings (SSSR count). The molecular formula is C5H8O4S4. The summed E-state index contributed by atoms with van der Waals surface area (Å²) in [5.74, 6) is -3.85. The first-order valence-corrected chi connectivity index (χ1v) is 7.52. The highest BCUT2D eigenvalue weighted by molar-refractivity contribution is 9.09. The van der Waals surface area contributed by atoms with Gasteiger partial charge in [0.25, 0.3) is 0 Å². The Kier molecular flexibility index (Phi) is 7.92. The largest absolute Gasteiger partial charge is 0.481 e. The standard InChI is InChI=1S/C5H8O4S4/c6-4(7)3(5(8)9)1-11-13-12-2-10/h3,10H,1-2H2,(H,6,7)(H,8,9). The third-order valence-electron chi connectivity index (χ3n) is 0.980. The predicted octanol–water partition coefficient (Wildman–Crippen LogP) is 1.69. The van der Waals surface area contributed by atoms with Gasteiger partial charge in [-0.05, 0) is 9.83 Å². The summed E-state index contributed by atoms with van der Waals surface area (Å²) < 4.78 is 0. The lowest BCUT2D eigenvalue weighted by molar-refractivity contribution is -0.153. The minimum absolute atomic E-state index is 0.0656. The normalized spacial score (nSPS) is 10.3. The molecule has 2 N–H and O–H groups in total. The van der Waals surface area contributed by atoms with Crippen molar-refractivity contribution in [2.75, 3.05) is 10.8 Å². The van der Waals surface area contributed by atoms with E-state index in [0.29, 0.717) is 5.08 Å². The highest BCUT2D eigenvalue weighted by atomic mass is 33.5. The fourth-order valence-electron chi connectivity index (χ4n) is 0.400. The van der Waals surface area contributed by atoms with Gasteiger partial charge in [0.1, 0.15) is 0 Å². The predicted molar refractivity (Wildman–Crippen MR) is 60.3 cm³/mol. The topological polar surface area (TPSA) is 74.6 Å². The number of aliphatic carboxylic acids is 2. The molecule has 0 aliphatic rings. The van der Waals surface area contributed by atoms with Gasteiger partial charge in [0.15, 0.2) is 5.92 Å². The van der Waals surface area contributed by atoms with Crippen LogP contribution in [0.15, 0.2) is 0 Å². The molecule has 0 aromatic rings.